The second kappa shape index (κ2) is 6.52. The smallest absolute Gasteiger partial charge is 0.251 e. The van der Waals surface area contributed by atoms with Gasteiger partial charge in [-0.3, -0.25) is 9.59 Å². The molecule has 0 saturated carbocycles. The highest BCUT2D eigenvalue weighted by Gasteiger charge is 2.17. The van der Waals surface area contributed by atoms with Crippen molar-refractivity contribution in [1.82, 2.24) is 15.5 Å². The molecule has 1 heterocycles. The number of hydrogen-bond acceptors (Lipinski definition) is 3. The van der Waals surface area contributed by atoms with Gasteiger partial charge in [-0.1, -0.05) is 12.1 Å². The van der Waals surface area contributed by atoms with Gasteiger partial charge in [0.1, 0.15) is 0 Å². The Balaban J connectivity index is 1.98. The molecule has 0 atom stereocenters. The van der Waals surface area contributed by atoms with Gasteiger partial charge in [0.15, 0.2) is 0 Å². The molecule has 1 aromatic carbocycles. The van der Waals surface area contributed by atoms with Gasteiger partial charge >= 0.3 is 0 Å². The molecule has 5 nitrogen and oxygen atoms in total. The molecule has 0 unspecified atom stereocenters. The van der Waals surface area contributed by atoms with E-state index in [4.69, 9.17) is 0 Å². The van der Waals surface area contributed by atoms with Crippen LogP contribution in [0, 0.1) is 0 Å². The summed E-state index contributed by atoms with van der Waals surface area (Å²) in [4.78, 5) is 25.2. The van der Waals surface area contributed by atoms with Crippen LogP contribution in [0.25, 0.3) is 0 Å². The number of hydrogen-bond donors (Lipinski definition) is 2. The van der Waals surface area contributed by atoms with Gasteiger partial charge in [0.25, 0.3) is 5.91 Å². The Morgan fingerprint density at radius 2 is 2.15 bits per heavy atom. The number of nitrogens with one attached hydrogen (secondary N) is 2. The number of carbonyl (C=O) groups is 2. The zero-order chi connectivity index (χ0) is 14.5. The molecule has 0 bridgehead atoms. The fraction of sp³-hybridized carbons (Fsp3) is 0.467. The lowest BCUT2D eigenvalue weighted by Crippen LogP contribution is -2.32. The predicted octanol–water partition coefficient (Wildman–Crippen LogP) is 0.540. The third-order valence-electron chi connectivity index (χ3n) is 3.51. The van der Waals surface area contributed by atoms with Crippen LogP contribution < -0.4 is 10.6 Å². The minimum atomic E-state index is -0.0877. The van der Waals surface area contributed by atoms with Crippen molar-refractivity contribution in [3.8, 4) is 0 Å². The summed E-state index contributed by atoms with van der Waals surface area (Å²) in [7, 11) is 3.43. The molecular formula is C15H21N3O2. The summed E-state index contributed by atoms with van der Waals surface area (Å²) < 4.78 is 0. The van der Waals surface area contributed by atoms with Crippen LogP contribution in [0.2, 0.25) is 0 Å². The maximum Gasteiger partial charge on any atom is 0.251 e. The summed E-state index contributed by atoms with van der Waals surface area (Å²) in [5.74, 6) is -0.0695. The number of amides is 2. The highest BCUT2D eigenvalue weighted by Crippen LogP contribution is 2.18. The first-order valence-corrected chi connectivity index (χ1v) is 6.89. The van der Waals surface area contributed by atoms with Gasteiger partial charge in [0.05, 0.1) is 0 Å². The van der Waals surface area contributed by atoms with E-state index < -0.39 is 0 Å². The number of rotatable bonds is 4. The van der Waals surface area contributed by atoms with Crippen LogP contribution in [0.3, 0.4) is 0 Å². The molecule has 2 rings (SSSR count). The summed E-state index contributed by atoms with van der Waals surface area (Å²) >= 11 is 0. The van der Waals surface area contributed by atoms with Crippen LogP contribution in [0.1, 0.15) is 27.9 Å². The fourth-order valence-electron chi connectivity index (χ4n) is 2.35. The second-order valence-corrected chi connectivity index (χ2v) is 5.16. The van der Waals surface area contributed by atoms with Gasteiger partial charge < -0.3 is 15.5 Å². The Kier molecular flexibility index (Phi) is 4.74. The molecular weight excluding hydrogens is 254 g/mol. The highest BCUT2D eigenvalue weighted by atomic mass is 16.2. The first-order chi connectivity index (χ1) is 9.59. The molecule has 1 aromatic rings. The van der Waals surface area contributed by atoms with Gasteiger partial charge in [-0.05, 0) is 30.2 Å². The number of fused-ring (bicyclic) bond motifs is 1. The van der Waals surface area contributed by atoms with E-state index in [2.05, 4.69) is 10.6 Å². The molecule has 5 heteroatoms. The van der Waals surface area contributed by atoms with Crippen LogP contribution in [0.15, 0.2) is 18.2 Å². The summed E-state index contributed by atoms with van der Waals surface area (Å²) in [5, 5.41) is 6.12. The van der Waals surface area contributed by atoms with Gasteiger partial charge in [-0.2, -0.15) is 0 Å². The van der Waals surface area contributed by atoms with Crippen LogP contribution in [-0.4, -0.2) is 43.9 Å². The molecule has 20 heavy (non-hydrogen) atoms. The molecule has 2 N–H and O–H groups in total. The van der Waals surface area contributed by atoms with E-state index in [1.807, 2.05) is 18.2 Å². The third kappa shape index (κ3) is 3.36. The van der Waals surface area contributed by atoms with Crippen molar-refractivity contribution >= 4 is 11.8 Å². The second-order valence-electron chi connectivity index (χ2n) is 5.16. The molecule has 0 fully saturated rings. The van der Waals surface area contributed by atoms with Crippen LogP contribution in [0.5, 0.6) is 0 Å². The zero-order valence-electron chi connectivity index (χ0n) is 12.0. The number of nitrogens with zero attached hydrogens (tertiary/aromatic N) is 1. The van der Waals surface area contributed by atoms with Crippen molar-refractivity contribution in [2.24, 2.45) is 0 Å². The Labute approximate surface area is 119 Å². The van der Waals surface area contributed by atoms with Gasteiger partial charge in [0.2, 0.25) is 5.91 Å². The molecule has 0 radical (unpaired) electrons. The van der Waals surface area contributed by atoms with Crippen molar-refractivity contribution in [3.05, 3.63) is 34.9 Å². The molecule has 0 aliphatic carbocycles. The third-order valence-corrected chi connectivity index (χ3v) is 3.51. The van der Waals surface area contributed by atoms with E-state index in [0.717, 1.165) is 30.6 Å². The molecule has 0 aromatic heterocycles. The average molecular weight is 275 g/mol. The van der Waals surface area contributed by atoms with Crippen molar-refractivity contribution in [2.45, 2.75) is 19.4 Å². The Bertz CT molecular complexity index is 512. The molecule has 0 saturated heterocycles. The monoisotopic (exact) mass is 275 g/mol. The SMILES string of the molecule is CN(C)C(=O)CCNC(=O)c1cccc2c1CCNC2. The molecule has 1 aliphatic rings. The van der Waals surface area contributed by atoms with E-state index in [1.165, 1.54) is 10.5 Å². The Morgan fingerprint density at radius 3 is 2.90 bits per heavy atom. The summed E-state index contributed by atoms with van der Waals surface area (Å²) in [6, 6.07) is 5.81. The first-order valence-electron chi connectivity index (χ1n) is 6.89. The van der Waals surface area contributed by atoms with E-state index in [-0.39, 0.29) is 11.8 Å². The molecule has 1 aliphatic heterocycles. The van der Waals surface area contributed by atoms with Crippen molar-refractivity contribution < 1.29 is 9.59 Å². The number of carbonyl (C=O) groups excluding carboxylic acids is 2. The van der Waals surface area contributed by atoms with Gasteiger partial charge in [-0.15, -0.1) is 0 Å². The molecule has 108 valence electrons. The maximum atomic E-state index is 12.2. The maximum absolute atomic E-state index is 12.2. The van der Waals surface area contributed by atoms with Crippen molar-refractivity contribution in [1.29, 1.82) is 0 Å². The van der Waals surface area contributed by atoms with Gasteiger partial charge in [0, 0.05) is 39.2 Å². The molecule has 0 spiro atoms. The lowest BCUT2D eigenvalue weighted by Gasteiger charge is -2.20. The summed E-state index contributed by atoms with van der Waals surface area (Å²) in [5.41, 5.74) is 3.05. The Hall–Kier alpha value is -1.88. The lowest BCUT2D eigenvalue weighted by molar-refractivity contribution is -0.128. The normalized spacial score (nSPS) is 13.5. The summed E-state index contributed by atoms with van der Waals surface area (Å²) in [6.07, 6.45) is 1.20. The van der Waals surface area contributed by atoms with Crippen LogP contribution in [-0.2, 0) is 17.8 Å². The van der Waals surface area contributed by atoms with Gasteiger partial charge in [-0.25, -0.2) is 0 Å². The van der Waals surface area contributed by atoms with Crippen LogP contribution in [0.4, 0.5) is 0 Å². The van der Waals surface area contributed by atoms with Crippen molar-refractivity contribution in [3.63, 3.8) is 0 Å². The summed E-state index contributed by atoms with van der Waals surface area (Å²) in [6.45, 7) is 2.09. The minimum Gasteiger partial charge on any atom is -0.352 e. The largest absolute Gasteiger partial charge is 0.352 e. The predicted molar refractivity (Wildman–Crippen MR) is 77.5 cm³/mol. The minimum absolute atomic E-state index is 0.0181. The fourth-order valence-corrected chi connectivity index (χ4v) is 2.35. The van der Waals surface area contributed by atoms with Crippen LogP contribution >= 0.6 is 0 Å². The number of benzene rings is 1. The van der Waals surface area contributed by atoms with E-state index >= 15 is 0 Å². The van der Waals surface area contributed by atoms with E-state index in [9.17, 15) is 9.59 Å². The zero-order valence-corrected chi connectivity index (χ0v) is 12.0. The quantitative estimate of drug-likeness (QED) is 0.843. The van der Waals surface area contributed by atoms with E-state index in [1.54, 1.807) is 14.1 Å². The first kappa shape index (κ1) is 14.5. The topological polar surface area (TPSA) is 61.4 Å². The van der Waals surface area contributed by atoms with Crippen molar-refractivity contribution in [2.75, 3.05) is 27.2 Å². The van der Waals surface area contributed by atoms with E-state index in [0.29, 0.717) is 13.0 Å². The molecule has 2 amide bonds. The average Bonchev–Trinajstić information content (AvgIpc) is 2.46. The lowest BCUT2D eigenvalue weighted by atomic mass is 9.95. The highest BCUT2D eigenvalue weighted by molar-refractivity contribution is 5.96. The standard InChI is InChI=1S/C15H21N3O2/c1-18(2)14(19)7-9-17-15(20)13-5-3-4-11-10-16-8-6-12(11)13/h3-5,16H,6-10H2,1-2H3,(H,17,20). The Morgan fingerprint density at radius 1 is 1.35 bits per heavy atom.